The topological polar surface area (TPSA) is 80.4 Å². The highest BCUT2D eigenvalue weighted by Crippen LogP contribution is 2.26. The van der Waals surface area contributed by atoms with Gasteiger partial charge in [-0.05, 0) is 35.4 Å². The predicted molar refractivity (Wildman–Crippen MR) is 65.4 cm³/mol. The highest BCUT2D eigenvalue weighted by molar-refractivity contribution is 5.89. The van der Waals surface area contributed by atoms with E-state index in [1.165, 1.54) is 24.3 Å². The number of carboxylic acid groups (broad SMARTS) is 1. The van der Waals surface area contributed by atoms with Crippen molar-refractivity contribution < 1.29 is 19.2 Å². The molecule has 0 bridgehead atoms. The van der Waals surface area contributed by atoms with E-state index in [4.69, 9.17) is 5.11 Å². The predicted octanol–water partition coefficient (Wildman–Crippen LogP) is 3.10. The van der Waals surface area contributed by atoms with Crippen LogP contribution in [0.5, 0.6) is 0 Å². The van der Waals surface area contributed by atoms with Crippen molar-refractivity contribution in [2.75, 3.05) is 0 Å². The monoisotopic (exact) mass is 261 g/mol. The van der Waals surface area contributed by atoms with Crippen molar-refractivity contribution in [3.05, 3.63) is 64.0 Å². The first-order valence-corrected chi connectivity index (χ1v) is 5.26. The summed E-state index contributed by atoms with van der Waals surface area (Å²) in [5, 5.41) is 19.4. The van der Waals surface area contributed by atoms with Gasteiger partial charge >= 0.3 is 11.7 Å². The van der Waals surface area contributed by atoms with Gasteiger partial charge in [0.2, 0.25) is 5.82 Å². The van der Waals surface area contributed by atoms with Crippen molar-refractivity contribution >= 4 is 11.7 Å². The molecule has 96 valence electrons. The summed E-state index contributed by atoms with van der Waals surface area (Å²) in [5.41, 5.74) is 0.314. The number of nitro groups is 1. The summed E-state index contributed by atoms with van der Waals surface area (Å²) in [6, 6.07) is 9.36. The second kappa shape index (κ2) is 4.85. The molecule has 0 heterocycles. The van der Waals surface area contributed by atoms with E-state index < -0.39 is 22.4 Å². The quantitative estimate of drug-likeness (QED) is 0.680. The third kappa shape index (κ3) is 2.57. The van der Waals surface area contributed by atoms with Gasteiger partial charge in [0, 0.05) is 6.07 Å². The molecule has 5 nitrogen and oxygen atoms in total. The Morgan fingerprint density at radius 1 is 1.16 bits per heavy atom. The Labute approximate surface area is 107 Å². The number of halogens is 1. The van der Waals surface area contributed by atoms with Crippen LogP contribution in [0.4, 0.5) is 10.1 Å². The Balaban J connectivity index is 2.48. The van der Waals surface area contributed by atoms with Crippen LogP contribution < -0.4 is 0 Å². The largest absolute Gasteiger partial charge is 0.478 e. The van der Waals surface area contributed by atoms with Crippen molar-refractivity contribution in [3.63, 3.8) is 0 Å². The fourth-order valence-electron chi connectivity index (χ4n) is 1.67. The van der Waals surface area contributed by atoms with Crippen LogP contribution in [0.1, 0.15) is 10.4 Å². The van der Waals surface area contributed by atoms with Crippen molar-refractivity contribution in [2.24, 2.45) is 0 Å². The third-order valence-corrected chi connectivity index (χ3v) is 2.59. The van der Waals surface area contributed by atoms with E-state index in [1.807, 2.05) is 0 Å². The smallest absolute Gasteiger partial charge is 0.335 e. The van der Waals surface area contributed by atoms with E-state index in [1.54, 1.807) is 6.07 Å². The lowest BCUT2D eigenvalue weighted by Gasteiger charge is -2.03. The van der Waals surface area contributed by atoms with Gasteiger partial charge in [0.1, 0.15) is 0 Å². The highest BCUT2D eigenvalue weighted by Gasteiger charge is 2.14. The van der Waals surface area contributed by atoms with Crippen LogP contribution in [-0.4, -0.2) is 16.0 Å². The fourth-order valence-corrected chi connectivity index (χ4v) is 1.67. The SMILES string of the molecule is O=C(O)c1cccc(-c2ccc([N+](=O)[O-])c(F)c2)c1. The molecule has 6 heteroatoms. The zero-order valence-electron chi connectivity index (χ0n) is 9.54. The number of carbonyl (C=O) groups is 1. The Bertz CT molecular complexity index is 669. The summed E-state index contributed by atoms with van der Waals surface area (Å²) in [6.07, 6.45) is 0. The molecule has 0 aliphatic heterocycles. The molecule has 0 aromatic heterocycles. The van der Waals surface area contributed by atoms with E-state index in [9.17, 15) is 19.3 Å². The van der Waals surface area contributed by atoms with Gasteiger partial charge in [0.15, 0.2) is 0 Å². The number of benzene rings is 2. The first-order valence-electron chi connectivity index (χ1n) is 5.26. The minimum atomic E-state index is -1.09. The summed E-state index contributed by atoms with van der Waals surface area (Å²) in [6.45, 7) is 0. The first kappa shape index (κ1) is 12.7. The molecule has 2 aromatic carbocycles. The molecule has 0 aliphatic rings. The molecule has 0 unspecified atom stereocenters. The molecule has 1 N–H and O–H groups in total. The van der Waals surface area contributed by atoms with E-state index in [2.05, 4.69) is 0 Å². The number of carboxylic acids is 1. The maximum atomic E-state index is 13.5. The van der Waals surface area contributed by atoms with E-state index in [0.29, 0.717) is 11.1 Å². The molecular weight excluding hydrogens is 253 g/mol. The highest BCUT2D eigenvalue weighted by atomic mass is 19.1. The van der Waals surface area contributed by atoms with Gasteiger partial charge in [-0.15, -0.1) is 0 Å². The Morgan fingerprint density at radius 2 is 1.84 bits per heavy atom. The van der Waals surface area contributed by atoms with E-state index in [0.717, 1.165) is 12.1 Å². The summed E-state index contributed by atoms with van der Waals surface area (Å²) >= 11 is 0. The summed E-state index contributed by atoms with van der Waals surface area (Å²) in [5.74, 6) is -2.05. The molecular formula is C13H8FNO4. The first-order chi connectivity index (χ1) is 8.99. The van der Waals surface area contributed by atoms with Crippen LogP contribution in [0.25, 0.3) is 11.1 Å². The number of hydrogen-bond acceptors (Lipinski definition) is 3. The normalized spacial score (nSPS) is 10.2. The zero-order chi connectivity index (χ0) is 14.0. The lowest BCUT2D eigenvalue weighted by atomic mass is 10.0. The van der Waals surface area contributed by atoms with E-state index in [-0.39, 0.29) is 5.56 Å². The molecule has 0 amide bonds. The Morgan fingerprint density at radius 3 is 2.42 bits per heavy atom. The van der Waals surface area contributed by atoms with Crippen LogP contribution in [0.3, 0.4) is 0 Å². The number of rotatable bonds is 3. The number of aromatic carboxylic acids is 1. The van der Waals surface area contributed by atoms with Gasteiger partial charge in [-0.25, -0.2) is 4.79 Å². The minimum Gasteiger partial charge on any atom is -0.478 e. The average Bonchev–Trinajstić information content (AvgIpc) is 2.38. The number of nitro benzene ring substituents is 1. The molecule has 2 rings (SSSR count). The van der Waals surface area contributed by atoms with Gasteiger partial charge < -0.3 is 5.11 Å². The molecule has 0 saturated heterocycles. The zero-order valence-corrected chi connectivity index (χ0v) is 9.54. The van der Waals surface area contributed by atoms with Crippen LogP contribution in [0.2, 0.25) is 0 Å². The third-order valence-electron chi connectivity index (χ3n) is 2.59. The summed E-state index contributed by atoms with van der Waals surface area (Å²) in [7, 11) is 0. The summed E-state index contributed by atoms with van der Waals surface area (Å²) in [4.78, 5) is 20.5. The molecule has 0 radical (unpaired) electrons. The second-order valence-electron chi connectivity index (χ2n) is 3.81. The van der Waals surface area contributed by atoms with Crippen LogP contribution in [0, 0.1) is 15.9 Å². The number of hydrogen-bond donors (Lipinski definition) is 1. The molecule has 0 atom stereocenters. The number of nitrogens with zero attached hydrogens (tertiary/aromatic N) is 1. The molecule has 0 spiro atoms. The van der Waals surface area contributed by atoms with Crippen molar-refractivity contribution in [3.8, 4) is 11.1 Å². The van der Waals surface area contributed by atoms with Crippen molar-refractivity contribution in [1.29, 1.82) is 0 Å². The Hall–Kier alpha value is -2.76. The molecule has 2 aromatic rings. The van der Waals surface area contributed by atoms with Crippen molar-refractivity contribution in [1.82, 2.24) is 0 Å². The molecule has 0 fully saturated rings. The maximum Gasteiger partial charge on any atom is 0.335 e. The maximum absolute atomic E-state index is 13.5. The lowest BCUT2D eigenvalue weighted by molar-refractivity contribution is -0.387. The minimum absolute atomic E-state index is 0.0660. The van der Waals surface area contributed by atoms with Crippen LogP contribution in [-0.2, 0) is 0 Å². The summed E-state index contributed by atoms with van der Waals surface area (Å²) < 4.78 is 13.5. The second-order valence-corrected chi connectivity index (χ2v) is 3.81. The van der Waals surface area contributed by atoms with Gasteiger partial charge in [0.05, 0.1) is 10.5 Å². The fraction of sp³-hybridized carbons (Fsp3) is 0. The van der Waals surface area contributed by atoms with Gasteiger partial charge in [-0.3, -0.25) is 10.1 Å². The molecule has 19 heavy (non-hydrogen) atoms. The van der Waals surface area contributed by atoms with E-state index >= 15 is 0 Å². The standard InChI is InChI=1S/C13H8FNO4/c14-11-7-9(4-5-12(11)15(18)19)8-2-1-3-10(6-8)13(16)17/h1-7H,(H,16,17). The lowest BCUT2D eigenvalue weighted by Crippen LogP contribution is -1.96. The Kier molecular flexibility index (Phi) is 3.24. The average molecular weight is 261 g/mol. The van der Waals surface area contributed by atoms with Crippen molar-refractivity contribution in [2.45, 2.75) is 0 Å². The van der Waals surface area contributed by atoms with Gasteiger partial charge in [0.25, 0.3) is 0 Å². The molecule has 0 aliphatic carbocycles. The van der Waals surface area contributed by atoms with Gasteiger partial charge in [-0.1, -0.05) is 12.1 Å². The van der Waals surface area contributed by atoms with Gasteiger partial charge in [-0.2, -0.15) is 4.39 Å². The molecule has 0 saturated carbocycles. The van der Waals surface area contributed by atoms with Crippen LogP contribution >= 0.6 is 0 Å². The van der Waals surface area contributed by atoms with Crippen LogP contribution in [0.15, 0.2) is 42.5 Å².